The van der Waals surface area contributed by atoms with Gasteiger partial charge in [-0.1, -0.05) is 13.8 Å². The minimum absolute atomic E-state index is 0.0170. The molecule has 0 atom stereocenters. The smallest absolute Gasteiger partial charge is 0.435 e. The highest BCUT2D eigenvalue weighted by molar-refractivity contribution is 8.67. The SMILES string of the molecule is CCS(=O)(=O)c1cccnc1-c1nc2cc(S(=O)(=O)C(F)(F)F)ccc2o1.CCS(=O)(=O)c1cccnc1-c1nc2cc(S(=O)(=O)S(=O)(=O)C(F)(F)F)ccc2o1. The largest absolute Gasteiger partial charge is 0.512 e. The Bertz CT molecular complexity index is 3110. The Morgan fingerprint density at radius 2 is 0.965 bits per heavy atom. The first-order chi connectivity index (χ1) is 26.2. The summed E-state index contributed by atoms with van der Waals surface area (Å²) in [5.41, 5.74) is -12.4. The van der Waals surface area contributed by atoms with E-state index in [0.29, 0.717) is 18.2 Å². The van der Waals surface area contributed by atoms with Crippen molar-refractivity contribution in [1.29, 1.82) is 0 Å². The molecule has 27 heteroatoms. The predicted molar refractivity (Wildman–Crippen MR) is 185 cm³/mol. The Hall–Kier alpha value is -4.99. The predicted octanol–water partition coefficient (Wildman–Crippen LogP) is 5.28. The number of alkyl halides is 6. The van der Waals surface area contributed by atoms with Crippen LogP contribution >= 0.6 is 0 Å². The van der Waals surface area contributed by atoms with E-state index in [-0.39, 0.29) is 66.7 Å². The highest BCUT2D eigenvalue weighted by Gasteiger charge is 2.55. The van der Waals surface area contributed by atoms with Crippen LogP contribution in [0.5, 0.6) is 0 Å². The van der Waals surface area contributed by atoms with Crippen LogP contribution in [0.2, 0.25) is 0 Å². The number of pyridine rings is 2. The molecular weight excluding hydrogens is 883 g/mol. The third kappa shape index (κ3) is 7.97. The topological polar surface area (TPSA) is 249 Å². The summed E-state index contributed by atoms with van der Waals surface area (Å²) in [5, 5.41) is 0. The zero-order valence-electron chi connectivity index (χ0n) is 28.3. The fourth-order valence-electron chi connectivity index (χ4n) is 4.64. The maximum Gasteiger partial charge on any atom is 0.512 e. The van der Waals surface area contributed by atoms with Crippen molar-refractivity contribution >= 4 is 69.4 Å². The number of halogens is 6. The molecular formula is C30H22F6N4O12S5. The van der Waals surface area contributed by atoms with E-state index in [1.54, 1.807) is 0 Å². The lowest BCUT2D eigenvalue weighted by Crippen LogP contribution is -2.30. The van der Waals surface area contributed by atoms with Gasteiger partial charge in [-0.05, 0) is 60.7 Å². The molecule has 0 amide bonds. The maximum absolute atomic E-state index is 12.7. The summed E-state index contributed by atoms with van der Waals surface area (Å²) in [5.74, 6) is -1.06. The molecule has 4 aromatic heterocycles. The Kier molecular flexibility index (Phi) is 11.2. The van der Waals surface area contributed by atoms with Crippen molar-refractivity contribution in [3.05, 3.63) is 73.1 Å². The number of fused-ring (bicyclic) bond motifs is 2. The first kappa shape index (κ1) is 43.1. The van der Waals surface area contributed by atoms with Crippen LogP contribution in [0.15, 0.2) is 101 Å². The summed E-state index contributed by atoms with van der Waals surface area (Å²) in [6.45, 7) is 2.84. The van der Waals surface area contributed by atoms with Gasteiger partial charge in [-0.3, -0.25) is 0 Å². The first-order valence-electron chi connectivity index (χ1n) is 15.2. The van der Waals surface area contributed by atoms with Gasteiger partial charge in [0.1, 0.15) is 22.4 Å². The van der Waals surface area contributed by atoms with Crippen LogP contribution in [-0.2, 0) is 47.3 Å². The molecule has 6 rings (SSSR count). The molecule has 0 spiro atoms. The number of hydrogen-bond acceptors (Lipinski definition) is 16. The summed E-state index contributed by atoms with van der Waals surface area (Å²) in [7, 11) is -25.3. The standard InChI is InChI=1S/C15H11F3N2O7S3.C15H11F3N2O5S2/c1-2-28(21,22)12-4-3-7-19-13(12)14-20-10-8-9(5-6-11(10)27-14)29(23,24)30(25,26)15(16,17)18;1-2-26(21,22)12-4-3-7-19-13(12)14-20-10-8-9(5-6-11(10)25-14)27(23,24)15(16,17)18/h3-8H,2H2,1H3;3-8H,2H2,1H3. The molecule has 0 aliphatic heterocycles. The van der Waals surface area contributed by atoms with Gasteiger partial charge < -0.3 is 8.83 Å². The average Bonchev–Trinajstić information content (AvgIpc) is 3.78. The zero-order valence-corrected chi connectivity index (χ0v) is 32.4. The molecule has 0 unspecified atom stereocenters. The van der Waals surface area contributed by atoms with E-state index < -0.39 is 68.1 Å². The molecule has 0 N–H and O–H groups in total. The van der Waals surface area contributed by atoms with Gasteiger partial charge in [0.25, 0.3) is 18.7 Å². The monoisotopic (exact) mass is 904 g/mol. The lowest BCUT2D eigenvalue weighted by atomic mass is 10.3. The lowest BCUT2D eigenvalue weighted by molar-refractivity contribution is -0.0437. The molecule has 0 fully saturated rings. The lowest BCUT2D eigenvalue weighted by Gasteiger charge is -2.08. The highest BCUT2D eigenvalue weighted by atomic mass is 33.2. The number of oxazole rings is 2. The second-order valence-corrected chi connectivity index (χ2v) is 22.9. The van der Waals surface area contributed by atoms with E-state index in [1.165, 1.54) is 50.5 Å². The van der Waals surface area contributed by atoms with Gasteiger partial charge in [0.05, 0.1) is 31.1 Å². The zero-order chi connectivity index (χ0) is 42.6. The molecule has 2 aromatic carbocycles. The van der Waals surface area contributed by atoms with Gasteiger partial charge in [0.15, 0.2) is 30.8 Å². The highest BCUT2D eigenvalue weighted by Crippen LogP contribution is 2.36. The third-order valence-electron chi connectivity index (χ3n) is 7.57. The van der Waals surface area contributed by atoms with Crippen molar-refractivity contribution in [1.82, 2.24) is 19.9 Å². The minimum Gasteiger partial charge on any atom is -0.435 e. The number of hydrogen-bond donors (Lipinski definition) is 0. The Balaban J connectivity index is 0.000000219. The van der Waals surface area contributed by atoms with Gasteiger partial charge in [-0.2, -0.15) is 26.3 Å². The van der Waals surface area contributed by atoms with Gasteiger partial charge in [-0.15, -0.1) is 0 Å². The summed E-state index contributed by atoms with van der Waals surface area (Å²) in [4.78, 5) is 13.1. The molecule has 306 valence electrons. The molecule has 4 heterocycles. The molecule has 0 radical (unpaired) electrons. The van der Waals surface area contributed by atoms with Gasteiger partial charge in [0, 0.05) is 12.4 Å². The van der Waals surface area contributed by atoms with Crippen molar-refractivity contribution in [3.8, 4) is 23.2 Å². The Labute approximate surface area is 317 Å². The Morgan fingerprint density at radius 3 is 1.35 bits per heavy atom. The normalized spacial score (nSPS) is 13.4. The minimum atomic E-state index is -6.55. The van der Waals surface area contributed by atoms with Crippen molar-refractivity contribution in [2.75, 3.05) is 11.5 Å². The second-order valence-electron chi connectivity index (χ2n) is 11.1. The number of sulfone groups is 3. The molecule has 0 saturated carbocycles. The van der Waals surface area contributed by atoms with Gasteiger partial charge >= 0.3 is 19.9 Å². The first-order valence-corrected chi connectivity index (χ1v) is 23.5. The van der Waals surface area contributed by atoms with E-state index in [1.807, 2.05) is 0 Å². The van der Waals surface area contributed by atoms with Gasteiger partial charge in [0.2, 0.25) is 11.8 Å². The molecule has 0 saturated heterocycles. The van der Waals surface area contributed by atoms with Crippen LogP contribution in [-0.4, -0.2) is 84.5 Å². The van der Waals surface area contributed by atoms with Crippen molar-refractivity contribution < 1.29 is 77.3 Å². The van der Waals surface area contributed by atoms with Crippen LogP contribution < -0.4 is 0 Å². The van der Waals surface area contributed by atoms with Crippen molar-refractivity contribution in [2.45, 2.75) is 44.4 Å². The average molecular weight is 905 g/mol. The maximum atomic E-state index is 12.7. The van der Waals surface area contributed by atoms with Crippen LogP contribution in [0.4, 0.5) is 26.3 Å². The Morgan fingerprint density at radius 1 is 0.561 bits per heavy atom. The molecule has 0 bridgehead atoms. The van der Waals surface area contributed by atoms with E-state index in [2.05, 4.69) is 19.9 Å². The molecule has 0 aliphatic rings. The van der Waals surface area contributed by atoms with Gasteiger partial charge in [-0.25, -0.2) is 62.0 Å². The quantitative estimate of drug-likeness (QED) is 0.132. The summed E-state index contributed by atoms with van der Waals surface area (Å²) >= 11 is 0. The molecule has 16 nitrogen and oxygen atoms in total. The van der Waals surface area contributed by atoms with Crippen LogP contribution in [0.3, 0.4) is 0 Å². The van der Waals surface area contributed by atoms with E-state index in [0.717, 1.165) is 18.2 Å². The number of benzene rings is 2. The fraction of sp³-hybridized carbons (Fsp3) is 0.200. The van der Waals surface area contributed by atoms with E-state index in [9.17, 15) is 68.4 Å². The summed E-state index contributed by atoms with van der Waals surface area (Å²) < 4.78 is 206. The van der Waals surface area contributed by atoms with Crippen LogP contribution in [0.1, 0.15) is 13.8 Å². The van der Waals surface area contributed by atoms with E-state index >= 15 is 0 Å². The molecule has 57 heavy (non-hydrogen) atoms. The second kappa shape index (κ2) is 14.7. The summed E-state index contributed by atoms with van der Waals surface area (Å²) in [6, 6.07) is 9.88. The third-order valence-corrected chi connectivity index (χ3v) is 17.4. The van der Waals surface area contributed by atoms with Crippen molar-refractivity contribution in [3.63, 3.8) is 0 Å². The fourth-order valence-corrected chi connectivity index (χ4v) is 10.3. The molecule has 0 aliphatic carbocycles. The summed E-state index contributed by atoms with van der Waals surface area (Å²) in [6.07, 6.45) is 2.56. The van der Waals surface area contributed by atoms with E-state index in [4.69, 9.17) is 8.83 Å². The van der Waals surface area contributed by atoms with Crippen LogP contribution in [0, 0.1) is 0 Å². The number of rotatable bonds is 9. The van der Waals surface area contributed by atoms with Crippen LogP contribution in [0.25, 0.3) is 45.4 Å². The number of nitrogens with zero attached hydrogens (tertiary/aromatic N) is 4. The molecule has 6 aromatic rings. The number of aromatic nitrogens is 4. The van der Waals surface area contributed by atoms with Crippen molar-refractivity contribution in [2.24, 2.45) is 0 Å².